The number of benzene rings is 21. The van der Waals surface area contributed by atoms with E-state index in [1.807, 2.05) is 11.3 Å². The Labute approximate surface area is 721 Å². The van der Waals surface area contributed by atoms with Gasteiger partial charge in [-0.2, -0.15) is 0 Å². The van der Waals surface area contributed by atoms with Gasteiger partial charge in [-0.05, 0) is 201 Å². The number of fused-ring (bicyclic) bond motifs is 20. The van der Waals surface area contributed by atoms with Crippen LogP contribution in [0.2, 0.25) is 0 Å². The summed E-state index contributed by atoms with van der Waals surface area (Å²) < 4.78 is 16.5. The lowest BCUT2D eigenvalue weighted by molar-refractivity contribution is 0.673. The van der Waals surface area contributed by atoms with Crippen LogP contribution in [0.5, 0.6) is 0 Å². The lowest BCUT2D eigenvalue weighted by Gasteiger charge is -2.34. The molecule has 1 aliphatic carbocycles. The molecule has 21 aromatic carbocycles. The zero-order chi connectivity index (χ0) is 81.8. The van der Waals surface area contributed by atoms with Gasteiger partial charge in [0.2, 0.25) is 0 Å². The van der Waals surface area contributed by atoms with E-state index in [-0.39, 0.29) is 0 Å². The summed E-state index contributed by atoms with van der Waals surface area (Å²) in [5.41, 5.74) is 28.9. The Morgan fingerprint density at radius 2 is 0.532 bits per heavy atom. The Morgan fingerprint density at radius 1 is 0.194 bits per heavy atom. The van der Waals surface area contributed by atoms with E-state index in [0.29, 0.717) is 0 Å². The lowest BCUT2D eigenvalue weighted by atomic mass is 9.68. The van der Waals surface area contributed by atoms with E-state index in [0.717, 1.165) is 106 Å². The molecule has 3 aromatic heterocycles. The predicted octanol–water partition coefficient (Wildman–Crippen LogP) is 33.8. The average molecular weight is 1600 g/mol. The molecule has 0 N–H and O–H groups in total. The quantitative estimate of drug-likeness (QED) is 0.108. The van der Waals surface area contributed by atoms with Crippen LogP contribution < -0.4 is 9.80 Å². The van der Waals surface area contributed by atoms with E-state index < -0.39 is 5.41 Å². The average Bonchev–Trinajstić information content (AvgIpc) is 1.50. The van der Waals surface area contributed by atoms with Crippen LogP contribution in [0.25, 0.3) is 174 Å². The van der Waals surface area contributed by atoms with Crippen LogP contribution in [0.3, 0.4) is 0 Å². The number of hydrogen-bond donors (Lipinski definition) is 0. The Morgan fingerprint density at radius 3 is 1.03 bits per heavy atom. The molecular formula is C119H76N2O2S. The molecule has 0 radical (unpaired) electrons. The molecule has 0 atom stereocenters. The number of nitrogens with zero attached hydrogens (tertiary/aromatic N) is 2. The first-order valence-electron chi connectivity index (χ1n) is 42.5. The molecule has 5 heteroatoms. The van der Waals surface area contributed by atoms with Gasteiger partial charge in [-0.3, -0.25) is 0 Å². The van der Waals surface area contributed by atoms with Crippen LogP contribution in [-0.4, -0.2) is 0 Å². The van der Waals surface area contributed by atoms with Gasteiger partial charge in [-0.15, -0.1) is 11.3 Å². The maximum atomic E-state index is 6.99. The van der Waals surface area contributed by atoms with Crippen molar-refractivity contribution in [3.8, 4) is 66.8 Å². The number of rotatable bonds is 13. The summed E-state index contributed by atoms with van der Waals surface area (Å²) in [5, 5.41) is 16.7. The molecule has 1 aliphatic rings. The number of hydrogen-bond acceptors (Lipinski definition) is 5. The summed E-state index contributed by atoms with van der Waals surface area (Å²) in [6, 6.07) is 167. The van der Waals surface area contributed by atoms with Crippen LogP contribution in [0.1, 0.15) is 22.3 Å². The van der Waals surface area contributed by atoms with Crippen molar-refractivity contribution in [2.75, 3.05) is 9.80 Å². The normalized spacial score (nSPS) is 12.3. The van der Waals surface area contributed by atoms with Crippen molar-refractivity contribution in [2.45, 2.75) is 5.41 Å². The third kappa shape index (κ3) is 11.9. The molecule has 580 valence electrons. The SMILES string of the molecule is c1ccc(-c2cccc(N(c3ccc(-c4cccc5c4oc4c5ccc5ccc6ccccc6c54)cc3)c3cccc(-c4ccccc4)c3)c2)cc1.c1ccc(C2(c3ccc(N(c4ccc(-c5cccc6c5oc5c6ccc6ccc7ccccc7c65)cc4)c4ccc(-c5cccc6c5sc5ccccc56)cc4)cc3)c3ccccc3-c3ccccc32)cc1. The second kappa shape index (κ2) is 29.8. The second-order valence-corrected chi connectivity index (χ2v) is 33.5. The van der Waals surface area contributed by atoms with Crippen molar-refractivity contribution in [2.24, 2.45) is 0 Å². The molecular weight excluding hydrogens is 1520 g/mol. The Kier molecular flexibility index (Phi) is 17.3. The summed E-state index contributed by atoms with van der Waals surface area (Å²) >= 11 is 1.87. The van der Waals surface area contributed by atoms with Gasteiger partial charge in [0.05, 0.1) is 5.41 Å². The topological polar surface area (TPSA) is 32.8 Å². The van der Waals surface area contributed by atoms with E-state index >= 15 is 0 Å². The molecule has 3 heterocycles. The highest BCUT2D eigenvalue weighted by molar-refractivity contribution is 7.26. The van der Waals surface area contributed by atoms with Crippen LogP contribution in [0.15, 0.2) is 470 Å². The van der Waals surface area contributed by atoms with Gasteiger partial charge >= 0.3 is 0 Å². The number of para-hydroxylation sites is 2. The number of furan rings is 2. The first-order chi connectivity index (χ1) is 61.5. The Balaban J connectivity index is 0.000000147. The van der Waals surface area contributed by atoms with Crippen molar-refractivity contribution in [3.05, 3.63) is 483 Å². The molecule has 0 amide bonds. The molecule has 0 saturated heterocycles. The fraction of sp³-hybridized carbons (Fsp3) is 0.00840. The van der Waals surface area contributed by atoms with Crippen molar-refractivity contribution < 1.29 is 8.83 Å². The van der Waals surface area contributed by atoms with E-state index in [1.165, 1.54) is 125 Å². The van der Waals surface area contributed by atoms with Crippen molar-refractivity contribution >= 4 is 153 Å². The van der Waals surface area contributed by atoms with Gasteiger partial charge in [-0.25, -0.2) is 0 Å². The fourth-order valence-corrected chi connectivity index (χ4v) is 21.1. The minimum Gasteiger partial charge on any atom is -0.455 e. The zero-order valence-electron chi connectivity index (χ0n) is 67.5. The van der Waals surface area contributed by atoms with E-state index in [9.17, 15) is 0 Å². The minimum atomic E-state index is -0.480. The summed E-state index contributed by atoms with van der Waals surface area (Å²) in [6.45, 7) is 0. The number of thiophene rings is 1. The molecule has 0 aliphatic heterocycles. The smallest absolute Gasteiger partial charge is 0.143 e. The van der Waals surface area contributed by atoms with Gasteiger partial charge in [0, 0.05) is 97.7 Å². The van der Waals surface area contributed by atoms with Crippen LogP contribution in [0.4, 0.5) is 34.1 Å². The largest absolute Gasteiger partial charge is 0.455 e. The lowest BCUT2D eigenvalue weighted by Crippen LogP contribution is -2.28. The highest BCUT2D eigenvalue weighted by Crippen LogP contribution is 2.57. The summed E-state index contributed by atoms with van der Waals surface area (Å²) in [7, 11) is 0. The summed E-state index contributed by atoms with van der Waals surface area (Å²) in [5.74, 6) is 0. The Bertz CT molecular complexity index is 8150. The highest BCUT2D eigenvalue weighted by atomic mass is 32.1. The van der Waals surface area contributed by atoms with E-state index in [4.69, 9.17) is 8.83 Å². The second-order valence-electron chi connectivity index (χ2n) is 32.4. The van der Waals surface area contributed by atoms with Gasteiger partial charge in [0.15, 0.2) is 0 Å². The first-order valence-corrected chi connectivity index (χ1v) is 43.3. The van der Waals surface area contributed by atoms with Crippen LogP contribution in [0, 0.1) is 0 Å². The van der Waals surface area contributed by atoms with Crippen molar-refractivity contribution in [1.29, 1.82) is 0 Å². The monoisotopic (exact) mass is 1600 g/mol. The van der Waals surface area contributed by atoms with Crippen LogP contribution in [-0.2, 0) is 5.41 Å². The molecule has 4 nitrogen and oxygen atoms in total. The molecule has 0 spiro atoms. The predicted molar refractivity (Wildman–Crippen MR) is 524 cm³/mol. The summed E-state index contributed by atoms with van der Waals surface area (Å²) in [4.78, 5) is 4.74. The number of anilines is 6. The van der Waals surface area contributed by atoms with E-state index in [2.05, 4.69) is 471 Å². The molecule has 0 fully saturated rings. The molecule has 124 heavy (non-hydrogen) atoms. The molecule has 25 rings (SSSR count). The van der Waals surface area contributed by atoms with E-state index in [1.54, 1.807) is 0 Å². The van der Waals surface area contributed by atoms with Gasteiger partial charge in [0.1, 0.15) is 22.3 Å². The standard InChI is InChI=1S/C69H43NOS.C50H33NO/c1-2-15-48(16-3-1)69(62-25-9-6-18-56(62)57-19-7-10-26-63(57)69)49-35-41-52(42-36-49)70(51-39-32-46(33-40-51)55-22-13-24-61-58-20-8-11-27-64(58)72-68(55)61)50-37-30-45(31-38-50)54-21-12-23-59-60-43-34-47-29-28-44-14-4-5-17-53(44)65(47)67(60)71-66(54)59;1-3-12-34(13-4-1)39-17-9-19-42(32-39)51(43-20-10-18-40(33-43)35-14-5-2-6-15-35)41-29-26-37(27-30-41)45-22-11-23-46-47-31-28-38-25-24-36-16-7-8-21-44(36)48(38)50(47)52-49(45)46/h1-43H;1-33H. The summed E-state index contributed by atoms with van der Waals surface area (Å²) in [6.07, 6.45) is 0. The molecule has 0 bridgehead atoms. The third-order valence-corrected chi connectivity index (χ3v) is 26.8. The first kappa shape index (κ1) is 72.1. The zero-order valence-corrected chi connectivity index (χ0v) is 68.3. The van der Waals surface area contributed by atoms with Gasteiger partial charge in [-0.1, -0.05) is 370 Å². The van der Waals surface area contributed by atoms with Gasteiger partial charge < -0.3 is 18.6 Å². The maximum absolute atomic E-state index is 6.99. The Hall–Kier alpha value is -15.9. The fourth-order valence-electron chi connectivity index (χ4n) is 19.9. The molecule has 0 saturated carbocycles. The van der Waals surface area contributed by atoms with Gasteiger partial charge in [0.25, 0.3) is 0 Å². The third-order valence-electron chi connectivity index (χ3n) is 25.6. The van der Waals surface area contributed by atoms with Crippen molar-refractivity contribution in [3.63, 3.8) is 0 Å². The minimum absolute atomic E-state index is 0.480. The molecule has 24 aromatic rings. The highest BCUT2D eigenvalue weighted by Gasteiger charge is 2.46. The van der Waals surface area contributed by atoms with Crippen molar-refractivity contribution in [1.82, 2.24) is 0 Å². The van der Waals surface area contributed by atoms with Crippen LogP contribution >= 0.6 is 11.3 Å². The maximum Gasteiger partial charge on any atom is 0.143 e. The molecule has 0 unspecified atom stereocenters.